The maximum Gasteiger partial charge on any atom is 0.323 e. The third kappa shape index (κ3) is 4.08. The number of amides is 2. The van der Waals surface area contributed by atoms with E-state index in [0.717, 1.165) is 49.8 Å². The minimum atomic E-state index is -0.305. The van der Waals surface area contributed by atoms with Gasteiger partial charge in [-0.05, 0) is 59.2 Å². The van der Waals surface area contributed by atoms with E-state index in [2.05, 4.69) is 56.1 Å². The SMILES string of the molecule is NCc1cccc(NC(=O)Nc2ccc(-c3ccc4c(-c5c[nH]c6ccccc56)n[nH]c4c3)cc2)c1. The quantitative estimate of drug-likeness (QED) is 0.198. The molecule has 0 fully saturated rings. The second-order valence-electron chi connectivity index (χ2n) is 8.64. The maximum atomic E-state index is 12.4. The molecule has 7 heteroatoms. The Hall–Kier alpha value is -4.88. The number of urea groups is 1. The fraction of sp³-hybridized carbons (Fsp3) is 0.0345. The predicted molar refractivity (Wildman–Crippen MR) is 146 cm³/mol. The molecule has 0 unspecified atom stereocenters. The van der Waals surface area contributed by atoms with Crippen molar-refractivity contribution < 1.29 is 4.79 Å². The molecule has 0 aliphatic heterocycles. The van der Waals surface area contributed by atoms with Crippen LogP contribution in [-0.2, 0) is 6.54 Å². The van der Waals surface area contributed by atoms with Crippen molar-refractivity contribution in [1.82, 2.24) is 15.2 Å². The van der Waals surface area contributed by atoms with Gasteiger partial charge in [-0.3, -0.25) is 5.10 Å². The van der Waals surface area contributed by atoms with Crippen molar-refractivity contribution in [1.29, 1.82) is 0 Å². The summed E-state index contributed by atoms with van der Waals surface area (Å²) in [6.07, 6.45) is 2.00. The highest BCUT2D eigenvalue weighted by Crippen LogP contribution is 2.34. The summed E-state index contributed by atoms with van der Waals surface area (Å²) in [5.41, 5.74) is 14.2. The zero-order valence-corrected chi connectivity index (χ0v) is 19.4. The molecule has 6 N–H and O–H groups in total. The van der Waals surface area contributed by atoms with Crippen molar-refractivity contribution in [2.45, 2.75) is 6.54 Å². The number of nitrogens with zero attached hydrogens (tertiary/aromatic N) is 1. The first kappa shape index (κ1) is 21.6. The molecule has 36 heavy (non-hydrogen) atoms. The van der Waals surface area contributed by atoms with Gasteiger partial charge in [0.2, 0.25) is 0 Å². The number of benzene rings is 4. The second-order valence-corrected chi connectivity index (χ2v) is 8.64. The standard InChI is InChI=1S/C29H24N6O/c30-16-18-4-3-5-22(14-18)33-29(36)32-21-11-8-19(9-12-21)20-10-13-24-27(15-20)34-35-28(24)25-17-31-26-7-2-1-6-23(25)26/h1-15,17,31H,16,30H2,(H,34,35)(H2,32,33,36). The highest BCUT2D eigenvalue weighted by atomic mass is 16.2. The topological polar surface area (TPSA) is 112 Å². The Morgan fingerprint density at radius 1 is 0.778 bits per heavy atom. The Morgan fingerprint density at radius 2 is 1.58 bits per heavy atom. The number of carbonyl (C=O) groups excluding carboxylic acids is 1. The van der Waals surface area contributed by atoms with Gasteiger partial charge in [0, 0.05) is 46.0 Å². The number of nitrogens with one attached hydrogen (secondary N) is 4. The minimum absolute atomic E-state index is 0.305. The average molecular weight is 473 g/mol. The van der Waals surface area contributed by atoms with Crippen LogP contribution in [0.1, 0.15) is 5.56 Å². The lowest BCUT2D eigenvalue weighted by Crippen LogP contribution is -2.19. The number of nitrogens with two attached hydrogens (primary N) is 1. The van der Waals surface area contributed by atoms with Crippen molar-refractivity contribution in [3.05, 3.63) is 103 Å². The van der Waals surface area contributed by atoms with Crippen LogP contribution in [0.3, 0.4) is 0 Å². The molecule has 7 nitrogen and oxygen atoms in total. The number of aromatic nitrogens is 3. The first-order valence-corrected chi connectivity index (χ1v) is 11.7. The number of fused-ring (bicyclic) bond motifs is 2. The minimum Gasteiger partial charge on any atom is -0.360 e. The predicted octanol–water partition coefficient (Wildman–Crippen LogP) is 6.48. The van der Waals surface area contributed by atoms with Crippen molar-refractivity contribution in [3.63, 3.8) is 0 Å². The maximum absolute atomic E-state index is 12.4. The molecule has 0 bridgehead atoms. The molecule has 2 amide bonds. The van der Waals surface area contributed by atoms with Crippen LogP contribution >= 0.6 is 0 Å². The Labute approximate surface area is 207 Å². The third-order valence-electron chi connectivity index (χ3n) is 6.30. The van der Waals surface area contributed by atoms with Crippen LogP contribution in [0.5, 0.6) is 0 Å². The molecule has 0 aliphatic carbocycles. The monoisotopic (exact) mass is 472 g/mol. The Kier molecular flexibility index (Phi) is 5.44. The molecular weight excluding hydrogens is 448 g/mol. The van der Waals surface area contributed by atoms with Crippen molar-refractivity contribution in [2.24, 2.45) is 5.73 Å². The summed E-state index contributed by atoms with van der Waals surface area (Å²) in [7, 11) is 0. The van der Waals surface area contributed by atoms with Crippen LogP contribution in [0, 0.1) is 0 Å². The second kappa shape index (κ2) is 9.05. The molecule has 0 spiro atoms. The number of para-hydroxylation sites is 1. The van der Waals surface area contributed by atoms with Crippen LogP contribution in [0.4, 0.5) is 16.2 Å². The molecule has 0 radical (unpaired) electrons. The van der Waals surface area contributed by atoms with Crippen LogP contribution in [0.15, 0.2) is 97.2 Å². The molecular formula is C29H24N6O. The van der Waals surface area contributed by atoms with E-state index in [0.29, 0.717) is 17.9 Å². The van der Waals surface area contributed by atoms with Crippen LogP contribution in [0.25, 0.3) is 44.2 Å². The van der Waals surface area contributed by atoms with E-state index in [4.69, 9.17) is 5.73 Å². The van der Waals surface area contributed by atoms with E-state index < -0.39 is 0 Å². The van der Waals surface area contributed by atoms with Gasteiger partial charge in [-0.2, -0.15) is 5.10 Å². The van der Waals surface area contributed by atoms with E-state index in [1.807, 2.05) is 66.9 Å². The van der Waals surface area contributed by atoms with Gasteiger partial charge in [-0.25, -0.2) is 4.79 Å². The first-order chi connectivity index (χ1) is 17.7. The lowest BCUT2D eigenvalue weighted by Gasteiger charge is -2.09. The normalized spacial score (nSPS) is 11.1. The van der Waals surface area contributed by atoms with Crippen molar-refractivity contribution in [2.75, 3.05) is 10.6 Å². The molecule has 0 atom stereocenters. The first-order valence-electron chi connectivity index (χ1n) is 11.7. The summed E-state index contributed by atoms with van der Waals surface area (Å²) in [5, 5.41) is 15.7. The van der Waals surface area contributed by atoms with Crippen molar-refractivity contribution in [3.8, 4) is 22.4 Å². The van der Waals surface area contributed by atoms with E-state index in [-0.39, 0.29) is 6.03 Å². The fourth-order valence-corrected chi connectivity index (χ4v) is 4.49. The van der Waals surface area contributed by atoms with Gasteiger partial charge in [0.15, 0.2) is 0 Å². The Morgan fingerprint density at radius 3 is 2.44 bits per heavy atom. The molecule has 176 valence electrons. The van der Waals surface area contributed by atoms with Crippen LogP contribution < -0.4 is 16.4 Å². The third-order valence-corrected chi connectivity index (χ3v) is 6.30. The molecule has 2 heterocycles. The van der Waals surface area contributed by atoms with Gasteiger partial charge < -0.3 is 21.4 Å². The van der Waals surface area contributed by atoms with E-state index in [9.17, 15) is 4.79 Å². The Balaban J connectivity index is 1.20. The van der Waals surface area contributed by atoms with Gasteiger partial charge in [0.25, 0.3) is 0 Å². The van der Waals surface area contributed by atoms with Crippen LogP contribution in [-0.4, -0.2) is 21.2 Å². The highest BCUT2D eigenvalue weighted by molar-refractivity contribution is 6.04. The number of hydrogen-bond acceptors (Lipinski definition) is 3. The van der Waals surface area contributed by atoms with Gasteiger partial charge in [0.1, 0.15) is 5.69 Å². The van der Waals surface area contributed by atoms with Gasteiger partial charge in [0.05, 0.1) is 5.52 Å². The molecule has 2 aromatic heterocycles. The van der Waals surface area contributed by atoms with E-state index >= 15 is 0 Å². The summed E-state index contributed by atoms with van der Waals surface area (Å²) in [6, 6.07) is 29.4. The number of rotatable bonds is 5. The van der Waals surface area contributed by atoms with E-state index in [1.54, 1.807) is 0 Å². The van der Waals surface area contributed by atoms with Gasteiger partial charge >= 0.3 is 6.03 Å². The zero-order valence-electron chi connectivity index (χ0n) is 19.4. The smallest absolute Gasteiger partial charge is 0.323 e. The summed E-state index contributed by atoms with van der Waals surface area (Å²) >= 11 is 0. The molecule has 6 rings (SSSR count). The van der Waals surface area contributed by atoms with Gasteiger partial charge in [-0.15, -0.1) is 0 Å². The number of H-pyrrole nitrogens is 2. The zero-order chi connectivity index (χ0) is 24.5. The molecule has 6 aromatic rings. The molecule has 0 aliphatic rings. The number of aromatic amines is 2. The van der Waals surface area contributed by atoms with E-state index in [1.165, 1.54) is 0 Å². The summed E-state index contributed by atoms with van der Waals surface area (Å²) < 4.78 is 0. The fourth-order valence-electron chi connectivity index (χ4n) is 4.49. The lowest BCUT2D eigenvalue weighted by atomic mass is 10.0. The largest absolute Gasteiger partial charge is 0.360 e. The summed E-state index contributed by atoms with van der Waals surface area (Å²) in [6.45, 7) is 0.424. The average Bonchev–Trinajstić information content (AvgIpc) is 3.52. The summed E-state index contributed by atoms with van der Waals surface area (Å²) in [5.74, 6) is 0. The molecule has 4 aromatic carbocycles. The van der Waals surface area contributed by atoms with Crippen LogP contribution in [0.2, 0.25) is 0 Å². The molecule has 0 saturated heterocycles. The number of hydrogen-bond donors (Lipinski definition) is 5. The molecule has 0 saturated carbocycles. The van der Waals surface area contributed by atoms with Crippen molar-refractivity contribution >= 4 is 39.2 Å². The highest BCUT2D eigenvalue weighted by Gasteiger charge is 2.13. The Bertz CT molecular complexity index is 1700. The lowest BCUT2D eigenvalue weighted by molar-refractivity contribution is 0.262. The number of anilines is 2. The number of carbonyl (C=O) groups is 1. The summed E-state index contributed by atoms with van der Waals surface area (Å²) in [4.78, 5) is 15.7. The van der Waals surface area contributed by atoms with Gasteiger partial charge in [-0.1, -0.05) is 48.5 Å².